The number of rotatable bonds is 4. The Hall–Kier alpha value is -2.01. The molecule has 0 saturated heterocycles. The highest BCUT2D eigenvalue weighted by molar-refractivity contribution is 7.80. The van der Waals surface area contributed by atoms with Crippen molar-refractivity contribution in [1.82, 2.24) is 5.32 Å². The first kappa shape index (κ1) is 16.4. The summed E-state index contributed by atoms with van der Waals surface area (Å²) in [5.41, 5.74) is 2.44. The largest absolute Gasteiger partial charge is 0.356 e. The highest BCUT2D eigenvalue weighted by Crippen LogP contribution is 2.19. The Morgan fingerprint density at radius 1 is 1.18 bits per heavy atom. The lowest BCUT2D eigenvalue weighted by atomic mass is 10.1. The third-order valence-electron chi connectivity index (χ3n) is 3.42. The van der Waals surface area contributed by atoms with Gasteiger partial charge >= 0.3 is 0 Å². The van der Waals surface area contributed by atoms with E-state index in [4.69, 9.17) is 12.2 Å². The van der Waals surface area contributed by atoms with Gasteiger partial charge in [-0.05, 0) is 43.3 Å². The number of aryl methyl sites for hydroxylation is 1. The second-order valence-corrected chi connectivity index (χ2v) is 5.40. The van der Waals surface area contributed by atoms with Gasteiger partial charge in [0.2, 0.25) is 0 Å². The molecule has 0 aliphatic heterocycles. The minimum absolute atomic E-state index is 0.366. The zero-order chi connectivity index (χ0) is 16.1. The van der Waals surface area contributed by atoms with Crippen molar-refractivity contribution in [3.63, 3.8) is 0 Å². The molecule has 0 radical (unpaired) electrons. The fraction of sp³-hybridized carbons (Fsp3) is 0.235. The number of nitrogens with one attached hydrogen (secondary N) is 2. The molecule has 116 valence electrons. The lowest BCUT2D eigenvalue weighted by molar-refractivity contribution is 0.554. The van der Waals surface area contributed by atoms with Crippen LogP contribution in [0.2, 0.25) is 0 Å². The summed E-state index contributed by atoms with van der Waals surface area (Å²) in [4.78, 5) is 0. The first-order valence-corrected chi connectivity index (χ1v) is 7.52. The van der Waals surface area contributed by atoms with E-state index in [9.17, 15) is 8.78 Å². The highest BCUT2D eigenvalue weighted by Gasteiger charge is 2.13. The highest BCUT2D eigenvalue weighted by atomic mass is 32.1. The molecule has 0 spiro atoms. The summed E-state index contributed by atoms with van der Waals surface area (Å²) in [6.07, 6.45) is 0.883. The van der Waals surface area contributed by atoms with Crippen LogP contribution in [0.15, 0.2) is 42.5 Å². The zero-order valence-corrected chi connectivity index (χ0v) is 13.3. The zero-order valence-electron chi connectivity index (χ0n) is 12.5. The lowest BCUT2D eigenvalue weighted by Crippen LogP contribution is -2.31. The van der Waals surface area contributed by atoms with E-state index in [0.29, 0.717) is 10.7 Å². The number of thiocarbonyl (C=S) groups is 1. The average Bonchev–Trinajstić information content (AvgIpc) is 2.47. The van der Waals surface area contributed by atoms with Gasteiger partial charge in [-0.15, -0.1) is 0 Å². The monoisotopic (exact) mass is 320 g/mol. The Bertz CT molecular complexity index is 673. The lowest BCUT2D eigenvalue weighted by Gasteiger charge is -2.19. The Morgan fingerprint density at radius 2 is 1.91 bits per heavy atom. The van der Waals surface area contributed by atoms with Gasteiger partial charge in [0.25, 0.3) is 0 Å². The van der Waals surface area contributed by atoms with E-state index in [2.05, 4.69) is 17.6 Å². The van der Waals surface area contributed by atoms with Gasteiger partial charge in [-0.3, -0.25) is 0 Å². The maximum absolute atomic E-state index is 13.8. The molecule has 0 saturated carbocycles. The molecule has 2 N–H and O–H groups in total. The van der Waals surface area contributed by atoms with E-state index in [1.54, 1.807) is 6.92 Å². The fourth-order valence-electron chi connectivity index (χ4n) is 2.24. The van der Waals surface area contributed by atoms with Crippen LogP contribution in [0, 0.1) is 11.6 Å². The minimum atomic E-state index is -0.592. The van der Waals surface area contributed by atoms with Crippen molar-refractivity contribution in [1.29, 1.82) is 0 Å². The van der Waals surface area contributed by atoms with Crippen molar-refractivity contribution in [2.24, 2.45) is 0 Å². The van der Waals surface area contributed by atoms with Crippen LogP contribution in [-0.4, -0.2) is 5.11 Å². The van der Waals surface area contributed by atoms with E-state index in [-0.39, 0.29) is 6.04 Å². The Morgan fingerprint density at radius 3 is 2.59 bits per heavy atom. The van der Waals surface area contributed by atoms with Gasteiger partial charge in [0.05, 0.1) is 6.04 Å². The van der Waals surface area contributed by atoms with E-state index in [0.717, 1.165) is 23.7 Å². The number of benzene rings is 2. The summed E-state index contributed by atoms with van der Waals surface area (Å²) in [5, 5.41) is 6.53. The number of anilines is 1. The quantitative estimate of drug-likeness (QED) is 0.807. The Kier molecular flexibility index (Phi) is 5.44. The standard InChI is InChI=1S/C17H18F2N2S/c1-3-12-6-4-5-7-16(12)21-17(22)20-11(2)14-9-8-13(18)10-15(14)19/h4-11H,3H2,1-2H3,(H2,20,21,22)/t11-/m0/s1. The number of hydrogen-bond acceptors (Lipinski definition) is 1. The number of halogens is 2. The molecule has 0 aliphatic carbocycles. The van der Waals surface area contributed by atoms with E-state index in [1.165, 1.54) is 12.1 Å². The molecule has 0 heterocycles. The maximum Gasteiger partial charge on any atom is 0.171 e. The van der Waals surface area contributed by atoms with E-state index < -0.39 is 11.6 Å². The van der Waals surface area contributed by atoms with Gasteiger partial charge in [-0.25, -0.2) is 8.78 Å². The molecule has 2 aromatic rings. The van der Waals surface area contributed by atoms with Gasteiger partial charge in [0.15, 0.2) is 5.11 Å². The maximum atomic E-state index is 13.8. The van der Waals surface area contributed by atoms with Crippen molar-refractivity contribution in [2.75, 3.05) is 5.32 Å². The van der Waals surface area contributed by atoms with Crippen LogP contribution < -0.4 is 10.6 Å². The second-order valence-electron chi connectivity index (χ2n) is 5.00. The Balaban J connectivity index is 2.05. The van der Waals surface area contributed by atoms with Gasteiger partial charge in [0.1, 0.15) is 11.6 Å². The van der Waals surface area contributed by atoms with Crippen molar-refractivity contribution in [3.05, 3.63) is 65.2 Å². The third kappa shape index (κ3) is 4.01. The molecular weight excluding hydrogens is 302 g/mol. The number of hydrogen-bond donors (Lipinski definition) is 2. The first-order valence-electron chi connectivity index (χ1n) is 7.11. The molecule has 1 atom stereocenters. The van der Waals surface area contributed by atoms with Crippen LogP contribution in [-0.2, 0) is 6.42 Å². The van der Waals surface area contributed by atoms with Crippen LogP contribution >= 0.6 is 12.2 Å². The fourth-order valence-corrected chi connectivity index (χ4v) is 2.52. The molecule has 0 bridgehead atoms. The molecule has 0 fully saturated rings. The van der Waals surface area contributed by atoms with Crippen LogP contribution in [0.3, 0.4) is 0 Å². The summed E-state index contributed by atoms with van der Waals surface area (Å²) in [5.74, 6) is -1.18. The van der Waals surface area contributed by atoms with Crippen molar-refractivity contribution >= 4 is 23.0 Å². The van der Waals surface area contributed by atoms with Crippen LogP contribution in [0.25, 0.3) is 0 Å². The van der Waals surface area contributed by atoms with Gasteiger partial charge in [0, 0.05) is 17.3 Å². The van der Waals surface area contributed by atoms with E-state index in [1.807, 2.05) is 24.3 Å². The molecular formula is C17H18F2N2S. The second kappa shape index (κ2) is 7.31. The number of para-hydroxylation sites is 1. The molecule has 2 nitrogen and oxygen atoms in total. The summed E-state index contributed by atoms with van der Waals surface area (Å²) in [6, 6.07) is 11.0. The van der Waals surface area contributed by atoms with Crippen molar-refractivity contribution in [3.8, 4) is 0 Å². The van der Waals surface area contributed by atoms with Crippen molar-refractivity contribution < 1.29 is 8.78 Å². The Labute approximate surface area is 134 Å². The summed E-state index contributed by atoms with van der Waals surface area (Å²) >= 11 is 5.27. The smallest absolute Gasteiger partial charge is 0.171 e. The molecule has 22 heavy (non-hydrogen) atoms. The van der Waals surface area contributed by atoms with Gasteiger partial charge < -0.3 is 10.6 Å². The normalized spacial score (nSPS) is 11.8. The molecule has 2 rings (SSSR count). The predicted molar refractivity (Wildman–Crippen MR) is 89.9 cm³/mol. The summed E-state index contributed by atoms with van der Waals surface area (Å²) in [7, 11) is 0. The molecule has 2 aromatic carbocycles. The van der Waals surface area contributed by atoms with E-state index >= 15 is 0 Å². The summed E-state index contributed by atoms with van der Waals surface area (Å²) in [6.45, 7) is 3.84. The first-order chi connectivity index (χ1) is 10.5. The van der Waals surface area contributed by atoms with Crippen LogP contribution in [0.5, 0.6) is 0 Å². The summed E-state index contributed by atoms with van der Waals surface area (Å²) < 4.78 is 26.7. The SMILES string of the molecule is CCc1ccccc1NC(=S)N[C@@H](C)c1ccc(F)cc1F. The van der Waals surface area contributed by atoms with Crippen molar-refractivity contribution in [2.45, 2.75) is 26.3 Å². The molecule has 0 aliphatic rings. The third-order valence-corrected chi connectivity index (χ3v) is 3.64. The molecule has 0 amide bonds. The topological polar surface area (TPSA) is 24.1 Å². The predicted octanol–water partition coefficient (Wildman–Crippen LogP) is 4.57. The van der Waals surface area contributed by atoms with Gasteiger partial charge in [-0.1, -0.05) is 31.2 Å². The average molecular weight is 320 g/mol. The molecule has 0 aromatic heterocycles. The van der Waals surface area contributed by atoms with Crippen LogP contribution in [0.4, 0.5) is 14.5 Å². The van der Waals surface area contributed by atoms with Crippen LogP contribution in [0.1, 0.15) is 31.0 Å². The molecule has 0 unspecified atom stereocenters. The van der Waals surface area contributed by atoms with Gasteiger partial charge in [-0.2, -0.15) is 0 Å². The minimum Gasteiger partial charge on any atom is -0.356 e. The molecule has 5 heteroatoms.